The number of methoxy groups -OCH3 is 3. The van der Waals surface area contributed by atoms with Crippen LogP contribution < -0.4 is 0 Å². The van der Waals surface area contributed by atoms with E-state index in [0.717, 1.165) is 0 Å². The number of aliphatic hydroxyl groups excluding tert-OH is 6. The highest BCUT2D eigenvalue weighted by Crippen LogP contribution is 2.44. The minimum Gasteiger partial charge on any atom is -0.459 e. The number of carbonyl (C=O) groups excluding carboxylic acids is 4. The number of esters is 2. The minimum absolute atomic E-state index is 0.0167. The largest absolute Gasteiger partial charge is 0.459 e. The molecule has 0 aromatic heterocycles. The maximum atomic E-state index is 14.8. The number of aliphatic hydroxyl groups is 9. The Morgan fingerprint density at radius 2 is 1.09 bits per heavy atom. The lowest BCUT2D eigenvalue weighted by molar-refractivity contribution is -0.318. The molecule has 5 aliphatic rings. The standard InChI is InChI=1S/C71H127N3O26/c1-24-48-70(17,86)58(80)39(7)52(72-92-34-91-27-26-88-21)35(3)30-67(14,85)61(43(11)57(44(12)64(84)97-48)98-51-32-68(15,89-22)60(82)45(13)95-51)99-65-55(78)46(28-37(5)93-65)73(19)33-50(75)74(20)47-29-38(6)94-66(56(47)79)100-62-41(9)54(77)42(10)63(83)96-49(25-2)71(18,87)59(81)40(8)53(76)36(4)31-69(62,16)90-23/h35-49,51,54-62,65-66,77-82,85-87H,24-34H2,1-23H3/b72-52-/t35-,36-,37-,38-,39+,40+,41+,42-,43+,44-,45+,46+,47+,48-,49-,51+,54+,55-,56-,57+,58-,59-,60+,61-,62-,65+,66+,67-,68-,69-,70-,71-/m1/s1. The lowest BCUT2D eigenvalue weighted by atomic mass is 9.73. The summed E-state index contributed by atoms with van der Waals surface area (Å²) in [5, 5.41) is 114. The van der Waals surface area contributed by atoms with Gasteiger partial charge in [0.15, 0.2) is 18.9 Å². The van der Waals surface area contributed by atoms with Crippen molar-refractivity contribution < 1.29 is 127 Å². The average molecular weight is 1440 g/mol. The van der Waals surface area contributed by atoms with E-state index in [1.54, 1.807) is 102 Å². The summed E-state index contributed by atoms with van der Waals surface area (Å²) >= 11 is 0. The quantitative estimate of drug-likeness (QED) is 0.0366. The van der Waals surface area contributed by atoms with Crippen LogP contribution in [0.3, 0.4) is 0 Å². The molecule has 32 atom stereocenters. The van der Waals surface area contributed by atoms with Gasteiger partial charge in [-0.3, -0.25) is 24.1 Å². The van der Waals surface area contributed by atoms with Crippen molar-refractivity contribution in [2.24, 2.45) is 52.5 Å². The zero-order valence-electron chi connectivity index (χ0n) is 63.7. The highest BCUT2D eigenvalue weighted by atomic mass is 16.7. The molecule has 0 unspecified atom stereocenters. The molecule has 0 bridgehead atoms. The number of Topliss-reactive ketones (excluding diaryl/α,β-unsaturated/α-hetero) is 1. The Kier molecular flexibility index (Phi) is 31.8. The molecule has 582 valence electrons. The van der Waals surface area contributed by atoms with Gasteiger partial charge in [-0.15, -0.1) is 0 Å². The molecule has 29 nitrogen and oxygen atoms in total. The van der Waals surface area contributed by atoms with Gasteiger partial charge in [0.25, 0.3) is 0 Å². The molecule has 29 heteroatoms. The number of carbonyl (C=O) groups is 4. The van der Waals surface area contributed by atoms with Crippen LogP contribution in [0.25, 0.3) is 0 Å². The minimum atomic E-state index is -2.08. The topological polar surface area (TPSA) is 389 Å². The smallest absolute Gasteiger partial charge is 0.311 e. The average Bonchev–Trinajstić information content (AvgIpc) is 0.809. The van der Waals surface area contributed by atoms with Crippen LogP contribution in [-0.2, 0) is 80.9 Å². The van der Waals surface area contributed by atoms with Crippen LogP contribution in [0.4, 0.5) is 0 Å². The highest BCUT2D eigenvalue weighted by Gasteiger charge is 2.56. The molecule has 5 rings (SSSR count). The van der Waals surface area contributed by atoms with Crippen LogP contribution >= 0.6 is 0 Å². The molecule has 5 aliphatic heterocycles. The van der Waals surface area contributed by atoms with Crippen molar-refractivity contribution in [3.8, 4) is 0 Å². The van der Waals surface area contributed by atoms with Crippen molar-refractivity contribution in [1.29, 1.82) is 0 Å². The first-order valence-electron chi connectivity index (χ1n) is 35.8. The van der Waals surface area contributed by atoms with E-state index < -0.39 is 215 Å². The maximum Gasteiger partial charge on any atom is 0.311 e. The molecule has 5 heterocycles. The van der Waals surface area contributed by atoms with Gasteiger partial charge in [-0.1, -0.05) is 60.5 Å². The number of nitrogens with zero attached hydrogens (tertiary/aromatic N) is 3. The predicted octanol–water partition coefficient (Wildman–Crippen LogP) is 3.00. The summed E-state index contributed by atoms with van der Waals surface area (Å²) in [4.78, 5) is 66.4. The van der Waals surface area contributed by atoms with Crippen LogP contribution in [0.2, 0.25) is 0 Å². The van der Waals surface area contributed by atoms with E-state index in [0.29, 0.717) is 0 Å². The third-order valence-electron chi connectivity index (χ3n) is 22.6. The number of rotatable bonds is 20. The van der Waals surface area contributed by atoms with Gasteiger partial charge in [-0.2, -0.15) is 0 Å². The second-order valence-electron chi connectivity index (χ2n) is 30.8. The number of hydrogen-bond acceptors (Lipinski definition) is 28. The van der Waals surface area contributed by atoms with Gasteiger partial charge < -0.3 is 113 Å². The number of cyclic esters (lactones) is 2. The van der Waals surface area contributed by atoms with Crippen molar-refractivity contribution in [1.82, 2.24) is 9.80 Å². The molecule has 0 saturated carbocycles. The van der Waals surface area contributed by atoms with Gasteiger partial charge in [0.2, 0.25) is 12.7 Å². The van der Waals surface area contributed by atoms with Crippen molar-refractivity contribution in [3.63, 3.8) is 0 Å². The molecule has 0 radical (unpaired) electrons. The molecule has 1 amide bonds. The second-order valence-corrected chi connectivity index (χ2v) is 30.8. The molecule has 5 fully saturated rings. The van der Waals surface area contributed by atoms with Crippen LogP contribution in [0, 0.1) is 47.3 Å². The molecule has 0 aliphatic carbocycles. The van der Waals surface area contributed by atoms with Crippen molar-refractivity contribution in [3.05, 3.63) is 0 Å². The lowest BCUT2D eigenvalue weighted by Crippen LogP contribution is -2.62. The van der Waals surface area contributed by atoms with Gasteiger partial charge in [-0.05, 0) is 115 Å². The third-order valence-corrected chi connectivity index (χ3v) is 22.6. The molecular weight excluding hydrogens is 1310 g/mol. The molecule has 9 N–H and O–H groups in total. The summed E-state index contributed by atoms with van der Waals surface area (Å²) in [5.41, 5.74) is -8.57. The van der Waals surface area contributed by atoms with Gasteiger partial charge in [0.05, 0.1) is 115 Å². The number of ether oxygens (including phenoxy) is 12. The summed E-state index contributed by atoms with van der Waals surface area (Å²) in [5.74, 6) is -10.9. The molecule has 0 aromatic carbocycles. The first-order chi connectivity index (χ1) is 46.4. The van der Waals surface area contributed by atoms with E-state index in [-0.39, 0.29) is 77.2 Å². The summed E-state index contributed by atoms with van der Waals surface area (Å²) in [7, 11) is 7.52. The zero-order valence-corrected chi connectivity index (χ0v) is 63.7. The Labute approximate surface area is 592 Å². The Bertz CT molecular complexity index is 2640. The fraction of sp³-hybridized carbons (Fsp3) is 0.930. The monoisotopic (exact) mass is 1440 g/mol. The first-order valence-corrected chi connectivity index (χ1v) is 35.8. The maximum absolute atomic E-state index is 14.8. The fourth-order valence-corrected chi connectivity index (χ4v) is 15.9. The SMILES string of the molecule is CC[C@H]1OC(=O)[C@H](C)[C@@H](O)[C@H](C)[C@@H](O[C@@H]2O[C@H](C)C[C@H](N(C)C(=O)CN(C)[C@H]3C[C@@H](C)O[C@@H](O[C@@H]4[C@@H](C)[C@H](O[C@H]5C[C@@](C)(OC)[C@@H](O)[C@H](C)O5)[C@@H](C)C(=O)O[C@H](CC)[C@@](C)(O)[C@H](O)[C@@H](C)/C(=N\OCOCCOC)[C@H](C)C[C@@]4(C)O)[C@@H]3O)[C@H]2O)[C@](C)(OC)C[C@@H](C)C(=O)[C@H](C)[C@@H](O)[C@]1(C)O. The number of oxime groups is 1. The van der Waals surface area contributed by atoms with Crippen LogP contribution in [0.1, 0.15) is 170 Å². The van der Waals surface area contributed by atoms with E-state index in [4.69, 9.17) is 61.7 Å². The summed E-state index contributed by atoms with van der Waals surface area (Å²) in [6.07, 6.45) is -21.5. The van der Waals surface area contributed by atoms with Crippen LogP contribution in [0.5, 0.6) is 0 Å². The number of amides is 1. The predicted molar refractivity (Wildman–Crippen MR) is 362 cm³/mol. The van der Waals surface area contributed by atoms with Gasteiger partial charge in [-0.25, -0.2) is 0 Å². The third kappa shape index (κ3) is 20.1. The van der Waals surface area contributed by atoms with E-state index in [1.165, 1.54) is 67.9 Å². The molecule has 0 spiro atoms. The Morgan fingerprint density at radius 1 is 0.580 bits per heavy atom. The molecule has 5 saturated heterocycles. The molecule has 100 heavy (non-hydrogen) atoms. The van der Waals surface area contributed by atoms with Gasteiger partial charge >= 0.3 is 11.9 Å². The summed E-state index contributed by atoms with van der Waals surface area (Å²) in [6.45, 7) is 28.7. The van der Waals surface area contributed by atoms with E-state index in [9.17, 15) is 65.1 Å². The van der Waals surface area contributed by atoms with E-state index in [1.807, 2.05) is 0 Å². The summed E-state index contributed by atoms with van der Waals surface area (Å²) < 4.78 is 74.2. The van der Waals surface area contributed by atoms with Crippen molar-refractivity contribution in [2.45, 2.75) is 314 Å². The number of likely N-dealkylation sites (N-methyl/N-ethyl adjacent to an activating group) is 2. The Morgan fingerprint density at radius 3 is 1.62 bits per heavy atom. The number of ketones is 1. The second kappa shape index (κ2) is 36.4. The zero-order chi connectivity index (χ0) is 75.8. The fourth-order valence-electron chi connectivity index (χ4n) is 15.9. The first kappa shape index (κ1) is 87.4. The molecular formula is C71H127N3O26. The normalized spacial score (nSPS) is 46.3. The summed E-state index contributed by atoms with van der Waals surface area (Å²) in [6, 6.07) is -1.83. The van der Waals surface area contributed by atoms with E-state index >= 15 is 0 Å². The van der Waals surface area contributed by atoms with Crippen molar-refractivity contribution >= 4 is 29.3 Å². The van der Waals surface area contributed by atoms with Crippen LogP contribution in [0.15, 0.2) is 5.16 Å². The van der Waals surface area contributed by atoms with Crippen LogP contribution in [-0.4, -0.2) is 291 Å². The van der Waals surface area contributed by atoms with Gasteiger partial charge in [0.1, 0.15) is 47.5 Å². The van der Waals surface area contributed by atoms with Crippen molar-refractivity contribution in [2.75, 3.05) is 62.0 Å². The Balaban J connectivity index is 1.50. The molecule has 0 aromatic rings. The van der Waals surface area contributed by atoms with E-state index in [2.05, 4.69) is 5.16 Å². The number of hydrogen-bond donors (Lipinski definition) is 9. The highest BCUT2D eigenvalue weighted by molar-refractivity contribution is 5.89. The lowest BCUT2D eigenvalue weighted by Gasteiger charge is -2.49. The Hall–Kier alpha value is -3.25. The van der Waals surface area contributed by atoms with Gasteiger partial charge in [0, 0.05) is 76.3 Å².